The zero-order chi connectivity index (χ0) is 13.8. The van der Waals surface area contributed by atoms with Crippen LogP contribution >= 0.6 is 0 Å². The second-order valence-electron chi connectivity index (χ2n) is 4.48. The van der Waals surface area contributed by atoms with E-state index in [4.69, 9.17) is 4.74 Å². The van der Waals surface area contributed by atoms with Crippen LogP contribution in [0.1, 0.15) is 40.0 Å². The summed E-state index contributed by atoms with van der Waals surface area (Å²) in [6.07, 6.45) is 3.68. The van der Waals surface area contributed by atoms with Gasteiger partial charge in [0.25, 0.3) is 0 Å². The summed E-state index contributed by atoms with van der Waals surface area (Å²) in [5.41, 5.74) is 0. The lowest BCUT2D eigenvalue weighted by Gasteiger charge is -2.24. The number of likely N-dealkylation sites (tertiary alicyclic amines) is 1. The van der Waals surface area contributed by atoms with Gasteiger partial charge in [0.15, 0.2) is 0 Å². The lowest BCUT2D eigenvalue weighted by Crippen LogP contribution is -2.33. The minimum atomic E-state index is 0.231. The molecule has 0 atom stereocenters. The first-order valence-electron chi connectivity index (χ1n) is 7.22. The molecule has 108 valence electrons. The van der Waals surface area contributed by atoms with Gasteiger partial charge in [0.05, 0.1) is 13.2 Å². The Morgan fingerprint density at radius 1 is 0.944 bits per heavy atom. The van der Waals surface area contributed by atoms with Crippen molar-refractivity contribution >= 4 is 5.91 Å². The zero-order valence-corrected chi connectivity index (χ0v) is 12.6. The van der Waals surface area contributed by atoms with Gasteiger partial charge in [-0.3, -0.25) is 4.79 Å². The molecule has 0 aromatic rings. The summed E-state index contributed by atoms with van der Waals surface area (Å²) in [4.78, 5) is 14.9. The van der Waals surface area contributed by atoms with Gasteiger partial charge < -0.3 is 14.5 Å². The Kier molecular flexibility index (Phi) is 11.1. The van der Waals surface area contributed by atoms with Gasteiger partial charge in [-0.15, -0.1) is 0 Å². The van der Waals surface area contributed by atoms with Crippen LogP contribution in [-0.2, 0) is 9.53 Å². The molecular formula is C14H30N2O2. The summed E-state index contributed by atoms with van der Waals surface area (Å²) < 4.78 is 5.10. The lowest BCUT2D eigenvalue weighted by atomic mass is 10.1. The summed E-state index contributed by atoms with van der Waals surface area (Å²) in [6, 6.07) is 0. The van der Waals surface area contributed by atoms with Crippen molar-refractivity contribution in [2.75, 3.05) is 46.4 Å². The molecule has 2 fully saturated rings. The molecular weight excluding hydrogens is 228 g/mol. The molecule has 0 unspecified atom stereocenters. The summed E-state index contributed by atoms with van der Waals surface area (Å²) >= 11 is 0. The molecule has 4 heteroatoms. The molecule has 0 radical (unpaired) electrons. The number of hydrogen-bond donors (Lipinski definition) is 0. The quantitative estimate of drug-likeness (QED) is 0.666. The van der Waals surface area contributed by atoms with E-state index in [1.54, 1.807) is 6.92 Å². The minimum absolute atomic E-state index is 0.231. The fourth-order valence-corrected chi connectivity index (χ4v) is 1.86. The number of likely N-dealkylation sites (N-methyl/N-ethyl adjacent to an activating group) is 1. The van der Waals surface area contributed by atoms with Crippen molar-refractivity contribution in [3.8, 4) is 0 Å². The maximum atomic E-state index is 10.7. The number of carbonyl (C=O) groups is 1. The Balaban J connectivity index is 0.000000289. The average Bonchev–Trinajstić information content (AvgIpc) is 2.43. The highest BCUT2D eigenvalue weighted by Crippen LogP contribution is 2.07. The van der Waals surface area contributed by atoms with Gasteiger partial charge in [-0.1, -0.05) is 13.8 Å². The van der Waals surface area contributed by atoms with Gasteiger partial charge >= 0.3 is 0 Å². The molecule has 0 bridgehead atoms. The van der Waals surface area contributed by atoms with Crippen molar-refractivity contribution < 1.29 is 9.53 Å². The number of ether oxygens (including phenoxy) is 1. The second kappa shape index (κ2) is 11.5. The molecule has 0 saturated carbocycles. The molecule has 0 aliphatic carbocycles. The van der Waals surface area contributed by atoms with Crippen LogP contribution in [-0.4, -0.2) is 62.1 Å². The van der Waals surface area contributed by atoms with Crippen molar-refractivity contribution in [2.45, 2.75) is 40.0 Å². The van der Waals surface area contributed by atoms with Crippen LogP contribution in [0.15, 0.2) is 0 Å². The predicted octanol–water partition coefficient (Wildman–Crippen LogP) is 1.99. The molecule has 2 saturated heterocycles. The van der Waals surface area contributed by atoms with E-state index in [0.29, 0.717) is 0 Å². The van der Waals surface area contributed by atoms with Crippen LogP contribution in [0.3, 0.4) is 0 Å². The van der Waals surface area contributed by atoms with Crippen molar-refractivity contribution in [3.63, 3.8) is 0 Å². The molecule has 1 amide bonds. The van der Waals surface area contributed by atoms with Crippen LogP contribution in [0.4, 0.5) is 0 Å². The van der Waals surface area contributed by atoms with E-state index in [1.165, 1.54) is 19.3 Å². The SMILES string of the molecule is CC.CC(=O)N1CCCCC1.CN1CCOCC1. The van der Waals surface area contributed by atoms with Gasteiger partial charge in [-0.05, 0) is 26.3 Å². The number of amides is 1. The first kappa shape index (κ1) is 17.4. The van der Waals surface area contributed by atoms with Gasteiger partial charge in [0, 0.05) is 33.1 Å². The van der Waals surface area contributed by atoms with Gasteiger partial charge in [0.2, 0.25) is 5.91 Å². The maximum absolute atomic E-state index is 10.7. The topological polar surface area (TPSA) is 32.8 Å². The molecule has 2 aliphatic rings. The van der Waals surface area contributed by atoms with Crippen LogP contribution in [0.2, 0.25) is 0 Å². The molecule has 4 nitrogen and oxygen atoms in total. The molecule has 0 aromatic carbocycles. The first-order valence-corrected chi connectivity index (χ1v) is 7.22. The Hall–Kier alpha value is -0.610. The lowest BCUT2D eigenvalue weighted by molar-refractivity contribution is -0.129. The molecule has 2 aliphatic heterocycles. The highest BCUT2D eigenvalue weighted by Gasteiger charge is 2.10. The number of piperidine rings is 1. The summed E-state index contributed by atoms with van der Waals surface area (Å²) in [5.74, 6) is 0.231. The Labute approximate surface area is 112 Å². The van der Waals surface area contributed by atoms with E-state index in [-0.39, 0.29) is 5.91 Å². The smallest absolute Gasteiger partial charge is 0.219 e. The van der Waals surface area contributed by atoms with Gasteiger partial charge in [-0.2, -0.15) is 0 Å². The molecule has 0 spiro atoms. The summed E-state index contributed by atoms with van der Waals surface area (Å²) in [6.45, 7) is 11.6. The number of carbonyl (C=O) groups excluding carboxylic acids is 1. The van der Waals surface area contributed by atoms with E-state index < -0.39 is 0 Å². The molecule has 2 rings (SSSR count). The Morgan fingerprint density at radius 2 is 1.44 bits per heavy atom. The zero-order valence-electron chi connectivity index (χ0n) is 12.6. The van der Waals surface area contributed by atoms with Crippen molar-refractivity contribution in [1.29, 1.82) is 0 Å². The van der Waals surface area contributed by atoms with Crippen LogP contribution in [0.5, 0.6) is 0 Å². The van der Waals surface area contributed by atoms with E-state index >= 15 is 0 Å². The highest BCUT2D eigenvalue weighted by atomic mass is 16.5. The van der Waals surface area contributed by atoms with Gasteiger partial charge in [0.1, 0.15) is 0 Å². The number of rotatable bonds is 0. The normalized spacial score (nSPS) is 20.1. The predicted molar refractivity (Wildman–Crippen MR) is 75.8 cm³/mol. The number of hydrogen-bond acceptors (Lipinski definition) is 3. The monoisotopic (exact) mass is 258 g/mol. The third-order valence-electron chi connectivity index (χ3n) is 3.04. The largest absolute Gasteiger partial charge is 0.379 e. The standard InChI is InChI=1S/C7H13NO.C5H11NO.C2H6/c1-7(9)8-5-3-2-4-6-8;1-6-2-4-7-5-3-6;1-2/h2-6H2,1H3;2-5H2,1H3;1-2H3. The van der Waals surface area contributed by atoms with E-state index in [0.717, 1.165) is 39.4 Å². The summed E-state index contributed by atoms with van der Waals surface area (Å²) in [7, 11) is 2.11. The summed E-state index contributed by atoms with van der Waals surface area (Å²) in [5, 5.41) is 0. The van der Waals surface area contributed by atoms with E-state index in [1.807, 2.05) is 18.7 Å². The van der Waals surface area contributed by atoms with Crippen LogP contribution in [0.25, 0.3) is 0 Å². The molecule has 0 aromatic heterocycles. The first-order chi connectivity index (χ1) is 8.70. The fourth-order valence-electron chi connectivity index (χ4n) is 1.86. The van der Waals surface area contributed by atoms with Crippen LogP contribution < -0.4 is 0 Å². The fraction of sp³-hybridized carbons (Fsp3) is 0.929. The molecule has 18 heavy (non-hydrogen) atoms. The van der Waals surface area contributed by atoms with Crippen molar-refractivity contribution in [2.24, 2.45) is 0 Å². The Morgan fingerprint density at radius 3 is 1.72 bits per heavy atom. The maximum Gasteiger partial charge on any atom is 0.219 e. The van der Waals surface area contributed by atoms with E-state index in [2.05, 4.69) is 11.9 Å². The molecule has 2 heterocycles. The van der Waals surface area contributed by atoms with Crippen LogP contribution in [0, 0.1) is 0 Å². The van der Waals surface area contributed by atoms with Crippen molar-refractivity contribution in [1.82, 2.24) is 9.80 Å². The van der Waals surface area contributed by atoms with Crippen molar-refractivity contribution in [3.05, 3.63) is 0 Å². The minimum Gasteiger partial charge on any atom is -0.379 e. The van der Waals surface area contributed by atoms with Gasteiger partial charge in [-0.25, -0.2) is 0 Å². The molecule has 0 N–H and O–H groups in total. The third-order valence-corrected chi connectivity index (χ3v) is 3.04. The Bertz CT molecular complexity index is 198. The third kappa shape index (κ3) is 8.48. The van der Waals surface area contributed by atoms with E-state index in [9.17, 15) is 4.79 Å². The number of nitrogens with zero attached hydrogens (tertiary/aromatic N) is 2. The number of morpholine rings is 1. The highest BCUT2D eigenvalue weighted by molar-refractivity contribution is 5.73. The average molecular weight is 258 g/mol. The second-order valence-corrected chi connectivity index (χ2v) is 4.48.